The van der Waals surface area contributed by atoms with Gasteiger partial charge in [-0.1, -0.05) is 30.3 Å². The molecule has 1 fully saturated rings. The van der Waals surface area contributed by atoms with Crippen molar-refractivity contribution in [3.05, 3.63) is 35.9 Å². The zero-order chi connectivity index (χ0) is 9.64. The van der Waals surface area contributed by atoms with Crippen molar-refractivity contribution in [3.63, 3.8) is 0 Å². The van der Waals surface area contributed by atoms with Gasteiger partial charge in [0.25, 0.3) is 0 Å². The van der Waals surface area contributed by atoms with E-state index in [0.717, 1.165) is 13.0 Å². The quantitative estimate of drug-likeness (QED) is 0.507. The average molecular weight is 376 g/mol. The average Bonchev–Trinajstić information content (AvgIpc) is 2.29. The first-order valence-corrected chi connectivity index (χ1v) is 5.22. The van der Waals surface area contributed by atoms with Crippen molar-refractivity contribution in [2.75, 3.05) is 6.61 Å². The van der Waals surface area contributed by atoms with Crippen LogP contribution in [-0.2, 0) is 16.1 Å². The molecule has 2 rings (SSSR count). The molecule has 1 aliphatic heterocycles. The predicted molar refractivity (Wildman–Crippen MR) is 60.6 cm³/mol. The van der Waals surface area contributed by atoms with Crippen LogP contribution in [0.5, 0.6) is 0 Å². The minimum Gasteiger partial charge on any atom is -1.00 e. The monoisotopic (exact) mass is 374 g/mol. The molecule has 0 radical (unpaired) electrons. The van der Waals surface area contributed by atoms with Gasteiger partial charge in [-0.2, -0.15) is 0 Å². The van der Waals surface area contributed by atoms with Gasteiger partial charge < -0.3 is 43.4 Å². The van der Waals surface area contributed by atoms with Gasteiger partial charge in [-0.15, -0.1) is 0 Å². The molecule has 5 heteroatoms. The van der Waals surface area contributed by atoms with E-state index in [2.05, 4.69) is 12.1 Å². The summed E-state index contributed by atoms with van der Waals surface area (Å²) in [6, 6.07) is 10.2. The Morgan fingerprint density at radius 2 is 1.82 bits per heavy atom. The Morgan fingerprint density at radius 1 is 1.12 bits per heavy atom. The fourth-order valence-corrected chi connectivity index (χ4v) is 1.61. The molecule has 1 heterocycles. The smallest absolute Gasteiger partial charge is 1.00 e. The van der Waals surface area contributed by atoms with Crippen LogP contribution >= 0.6 is 0 Å². The van der Waals surface area contributed by atoms with E-state index < -0.39 is 0 Å². The van der Waals surface area contributed by atoms with Crippen LogP contribution in [0.1, 0.15) is 24.8 Å². The second-order valence-electron chi connectivity index (χ2n) is 3.59. The molecule has 0 spiro atoms. The zero-order valence-corrected chi connectivity index (χ0v) is 14.4. The van der Waals surface area contributed by atoms with Gasteiger partial charge in [0.1, 0.15) is 0 Å². The maximum atomic E-state index is 5.65. The first-order valence-electron chi connectivity index (χ1n) is 5.22. The van der Waals surface area contributed by atoms with Crippen LogP contribution in [0, 0.1) is 0 Å². The summed E-state index contributed by atoms with van der Waals surface area (Å²) in [4.78, 5) is 0. The van der Waals surface area contributed by atoms with Gasteiger partial charge in [-0.3, -0.25) is 0 Å². The summed E-state index contributed by atoms with van der Waals surface area (Å²) >= 11 is 0. The summed E-state index contributed by atoms with van der Waals surface area (Å²) in [6.07, 6.45) is 3.45. The molecule has 0 N–H and O–H groups in total. The van der Waals surface area contributed by atoms with Crippen LogP contribution in [0.4, 0.5) is 0 Å². The van der Waals surface area contributed by atoms with Crippen LogP contribution in [0.2, 0.25) is 0 Å². The molecule has 1 saturated heterocycles. The van der Waals surface area contributed by atoms with Crippen molar-refractivity contribution in [1.82, 2.24) is 0 Å². The Kier molecular flexibility index (Phi) is 14.2. The molecule has 0 saturated carbocycles. The number of hydrogen-bond donors (Lipinski definition) is 0. The van der Waals surface area contributed by atoms with Crippen molar-refractivity contribution >= 4 is 23.1 Å². The standard InChI is InChI=1S/C12H16O2.2BrH.Mg/c1-2-6-11(7-3-1)10-14-12-8-4-5-9-13-12;;;/h1-3,6-7,12H,4-5,8-10H2;2*1H;/q;;;+2/p-2. The molecule has 1 aromatic carbocycles. The first kappa shape index (κ1) is 20.2. The Labute approximate surface area is 140 Å². The molecular weight excluding hydrogens is 360 g/mol. The third kappa shape index (κ3) is 7.80. The third-order valence-corrected chi connectivity index (χ3v) is 2.42. The van der Waals surface area contributed by atoms with E-state index in [1.54, 1.807) is 0 Å². The van der Waals surface area contributed by atoms with Gasteiger partial charge in [-0.05, 0) is 24.8 Å². The Bertz CT molecular complexity index is 266. The van der Waals surface area contributed by atoms with Crippen molar-refractivity contribution < 1.29 is 43.4 Å². The number of halogens is 2. The second-order valence-corrected chi connectivity index (χ2v) is 3.59. The van der Waals surface area contributed by atoms with E-state index in [4.69, 9.17) is 9.47 Å². The summed E-state index contributed by atoms with van der Waals surface area (Å²) in [7, 11) is 0. The molecule has 17 heavy (non-hydrogen) atoms. The molecular formula is C12H16Br2MgO2. The van der Waals surface area contributed by atoms with Gasteiger partial charge in [-0.25, -0.2) is 0 Å². The molecule has 0 aromatic heterocycles. The predicted octanol–water partition coefficient (Wildman–Crippen LogP) is -3.64. The molecule has 0 aliphatic carbocycles. The van der Waals surface area contributed by atoms with Gasteiger partial charge in [0, 0.05) is 6.61 Å². The summed E-state index contributed by atoms with van der Waals surface area (Å²) in [6.45, 7) is 1.50. The molecule has 2 nitrogen and oxygen atoms in total. The molecule has 0 bridgehead atoms. The number of hydrogen-bond acceptors (Lipinski definition) is 2. The van der Waals surface area contributed by atoms with Crippen molar-refractivity contribution in [1.29, 1.82) is 0 Å². The molecule has 1 atom stereocenters. The maximum Gasteiger partial charge on any atom is 2.00 e. The van der Waals surface area contributed by atoms with Crippen LogP contribution < -0.4 is 34.0 Å². The van der Waals surface area contributed by atoms with E-state index >= 15 is 0 Å². The van der Waals surface area contributed by atoms with Gasteiger partial charge in [0.05, 0.1) is 6.61 Å². The normalized spacial score (nSPS) is 18.2. The van der Waals surface area contributed by atoms with E-state index in [1.165, 1.54) is 18.4 Å². The zero-order valence-electron chi connectivity index (χ0n) is 9.78. The Morgan fingerprint density at radius 3 is 2.41 bits per heavy atom. The van der Waals surface area contributed by atoms with E-state index in [0.29, 0.717) is 6.61 Å². The summed E-state index contributed by atoms with van der Waals surface area (Å²) in [5, 5.41) is 0. The fourth-order valence-electron chi connectivity index (χ4n) is 1.61. The topological polar surface area (TPSA) is 18.5 Å². The maximum absolute atomic E-state index is 5.65. The Balaban J connectivity index is 0. The van der Waals surface area contributed by atoms with Crippen LogP contribution in [0.25, 0.3) is 0 Å². The molecule has 1 aliphatic rings. The number of ether oxygens (including phenoxy) is 2. The van der Waals surface area contributed by atoms with E-state index in [1.807, 2.05) is 18.2 Å². The van der Waals surface area contributed by atoms with Gasteiger partial charge in [0.2, 0.25) is 0 Å². The first-order chi connectivity index (χ1) is 6.95. The summed E-state index contributed by atoms with van der Waals surface area (Å²) in [5.74, 6) is 0. The fraction of sp³-hybridized carbons (Fsp3) is 0.500. The molecule has 0 amide bonds. The second kappa shape index (κ2) is 11.9. The van der Waals surface area contributed by atoms with Crippen molar-refractivity contribution in [2.45, 2.75) is 32.2 Å². The number of benzene rings is 1. The van der Waals surface area contributed by atoms with Crippen LogP contribution in [0.3, 0.4) is 0 Å². The minimum atomic E-state index is 0. The molecule has 1 aromatic rings. The third-order valence-electron chi connectivity index (χ3n) is 2.42. The Hall–Kier alpha value is 0.866. The summed E-state index contributed by atoms with van der Waals surface area (Å²) in [5.41, 5.74) is 1.21. The van der Waals surface area contributed by atoms with Crippen LogP contribution in [-0.4, -0.2) is 35.9 Å². The molecule has 92 valence electrons. The van der Waals surface area contributed by atoms with Gasteiger partial charge in [0.15, 0.2) is 6.29 Å². The number of rotatable bonds is 3. The molecule has 1 unspecified atom stereocenters. The summed E-state index contributed by atoms with van der Waals surface area (Å²) < 4.78 is 11.1. The van der Waals surface area contributed by atoms with E-state index in [-0.39, 0.29) is 63.3 Å². The van der Waals surface area contributed by atoms with Crippen molar-refractivity contribution in [2.24, 2.45) is 0 Å². The van der Waals surface area contributed by atoms with Gasteiger partial charge >= 0.3 is 23.1 Å². The SMILES string of the molecule is [Br-].[Br-].[Mg+2].c1ccc(COC2CCCCO2)cc1. The van der Waals surface area contributed by atoms with Crippen LogP contribution in [0.15, 0.2) is 30.3 Å². The van der Waals surface area contributed by atoms with Crippen molar-refractivity contribution in [3.8, 4) is 0 Å². The minimum absolute atomic E-state index is 0. The largest absolute Gasteiger partial charge is 2.00 e. The van der Waals surface area contributed by atoms with E-state index in [9.17, 15) is 0 Å².